The molecule has 0 aliphatic rings. The molecule has 1 aromatic heterocycles. The Bertz CT molecular complexity index is 619. The molecule has 0 aliphatic heterocycles. The minimum Gasteiger partial charge on any atom is -0.376 e. The summed E-state index contributed by atoms with van der Waals surface area (Å²) in [7, 11) is 3.76. The van der Waals surface area contributed by atoms with E-state index < -0.39 is 0 Å². The van der Waals surface area contributed by atoms with E-state index in [1.165, 1.54) is 4.68 Å². The van der Waals surface area contributed by atoms with E-state index in [-0.39, 0.29) is 5.56 Å². The Morgan fingerprint density at radius 1 is 1.26 bits per heavy atom. The third kappa shape index (κ3) is 3.20. The van der Waals surface area contributed by atoms with Gasteiger partial charge in [0.05, 0.1) is 18.4 Å². The summed E-state index contributed by atoms with van der Waals surface area (Å²) in [6, 6.07) is 9.45. The van der Waals surface area contributed by atoms with Crippen LogP contribution in [0.15, 0.2) is 41.3 Å². The first-order valence-corrected chi connectivity index (χ1v) is 6.12. The Labute approximate surface area is 112 Å². The first-order valence-electron chi connectivity index (χ1n) is 6.12. The molecule has 5 nitrogen and oxygen atoms in total. The lowest BCUT2D eigenvalue weighted by molar-refractivity contribution is 0.638. The summed E-state index contributed by atoms with van der Waals surface area (Å²) < 4.78 is 1.45. The first-order chi connectivity index (χ1) is 9.10. The molecular formula is C14H18N4O. The average Bonchev–Trinajstić information content (AvgIpc) is 2.41. The molecule has 0 saturated heterocycles. The number of rotatable bonds is 4. The van der Waals surface area contributed by atoms with Crippen LogP contribution in [0.5, 0.6) is 0 Å². The summed E-state index contributed by atoms with van der Waals surface area (Å²) in [4.78, 5) is 13.8. The fourth-order valence-corrected chi connectivity index (χ4v) is 1.82. The van der Waals surface area contributed by atoms with Crippen molar-refractivity contribution in [3.05, 3.63) is 58.0 Å². The van der Waals surface area contributed by atoms with Crippen LogP contribution in [0.2, 0.25) is 0 Å². The van der Waals surface area contributed by atoms with Crippen LogP contribution >= 0.6 is 0 Å². The Morgan fingerprint density at radius 2 is 2.00 bits per heavy atom. The van der Waals surface area contributed by atoms with Gasteiger partial charge in [0, 0.05) is 26.7 Å². The molecule has 0 aliphatic carbocycles. The molecule has 0 radical (unpaired) electrons. The number of aromatic nitrogens is 2. The highest BCUT2D eigenvalue weighted by Crippen LogP contribution is 2.07. The Morgan fingerprint density at radius 3 is 2.63 bits per heavy atom. The van der Waals surface area contributed by atoms with Crippen molar-refractivity contribution >= 4 is 5.69 Å². The van der Waals surface area contributed by atoms with Gasteiger partial charge in [-0.05, 0) is 11.1 Å². The summed E-state index contributed by atoms with van der Waals surface area (Å²) in [5.74, 6) is 0. The van der Waals surface area contributed by atoms with E-state index in [9.17, 15) is 4.79 Å². The van der Waals surface area contributed by atoms with Crippen molar-refractivity contribution in [3.63, 3.8) is 0 Å². The largest absolute Gasteiger partial charge is 0.376 e. The van der Waals surface area contributed by atoms with Gasteiger partial charge in [0.1, 0.15) is 0 Å². The first kappa shape index (κ1) is 13.3. The van der Waals surface area contributed by atoms with Crippen LogP contribution in [-0.2, 0) is 13.1 Å². The molecule has 2 N–H and O–H groups in total. The van der Waals surface area contributed by atoms with Gasteiger partial charge in [-0.15, -0.1) is 0 Å². The lowest BCUT2D eigenvalue weighted by atomic mass is 10.1. The van der Waals surface area contributed by atoms with Gasteiger partial charge in [-0.25, -0.2) is 4.68 Å². The van der Waals surface area contributed by atoms with Gasteiger partial charge in [0.15, 0.2) is 0 Å². The lowest BCUT2D eigenvalue weighted by Gasteiger charge is -2.12. The fourth-order valence-electron chi connectivity index (χ4n) is 1.82. The minimum absolute atomic E-state index is 0.107. The quantitative estimate of drug-likeness (QED) is 0.881. The molecule has 100 valence electrons. The van der Waals surface area contributed by atoms with Crippen molar-refractivity contribution < 1.29 is 0 Å². The molecule has 1 aromatic carbocycles. The lowest BCUT2D eigenvalue weighted by Crippen LogP contribution is -2.24. The molecule has 19 heavy (non-hydrogen) atoms. The average molecular weight is 258 g/mol. The maximum atomic E-state index is 12.0. The van der Waals surface area contributed by atoms with Crippen LogP contribution in [0, 0.1) is 0 Å². The van der Waals surface area contributed by atoms with Crippen LogP contribution in [0.25, 0.3) is 0 Å². The molecule has 0 unspecified atom stereocenters. The summed E-state index contributed by atoms with van der Waals surface area (Å²) in [5, 5.41) is 4.18. The third-order valence-corrected chi connectivity index (χ3v) is 2.93. The highest BCUT2D eigenvalue weighted by Gasteiger charge is 2.03. The van der Waals surface area contributed by atoms with Crippen molar-refractivity contribution in [3.8, 4) is 0 Å². The topological polar surface area (TPSA) is 64.2 Å². The maximum Gasteiger partial charge on any atom is 0.269 e. The number of anilines is 1. The van der Waals surface area contributed by atoms with E-state index in [0.717, 1.165) is 16.8 Å². The van der Waals surface area contributed by atoms with Crippen LogP contribution in [-0.4, -0.2) is 23.9 Å². The number of hydrogen-bond donors (Lipinski definition) is 1. The zero-order valence-electron chi connectivity index (χ0n) is 11.2. The van der Waals surface area contributed by atoms with E-state index in [4.69, 9.17) is 5.73 Å². The molecule has 0 bridgehead atoms. The van der Waals surface area contributed by atoms with Crippen molar-refractivity contribution in [2.75, 3.05) is 19.0 Å². The zero-order chi connectivity index (χ0) is 13.8. The third-order valence-electron chi connectivity index (χ3n) is 2.93. The van der Waals surface area contributed by atoms with Crippen LogP contribution in [0.1, 0.15) is 11.1 Å². The molecule has 2 rings (SSSR count). The van der Waals surface area contributed by atoms with Gasteiger partial charge in [0.25, 0.3) is 5.56 Å². The zero-order valence-corrected chi connectivity index (χ0v) is 11.2. The van der Waals surface area contributed by atoms with Crippen molar-refractivity contribution in [1.82, 2.24) is 9.78 Å². The molecule has 0 spiro atoms. The summed E-state index contributed by atoms with van der Waals surface area (Å²) >= 11 is 0. The van der Waals surface area contributed by atoms with Crippen LogP contribution < -0.4 is 16.2 Å². The van der Waals surface area contributed by atoms with E-state index in [0.29, 0.717) is 13.1 Å². The second-order valence-electron chi connectivity index (χ2n) is 4.63. The number of nitrogens with zero attached hydrogens (tertiary/aromatic N) is 3. The molecule has 2 aromatic rings. The minimum atomic E-state index is -0.107. The predicted octanol–water partition coefficient (Wildman–Crippen LogP) is 0.816. The second kappa shape index (κ2) is 5.67. The number of benzene rings is 1. The van der Waals surface area contributed by atoms with Crippen molar-refractivity contribution in [1.29, 1.82) is 0 Å². The summed E-state index contributed by atoms with van der Waals surface area (Å²) in [5.41, 5.74) is 8.38. The molecule has 0 fully saturated rings. The molecular weight excluding hydrogens is 240 g/mol. The Kier molecular flexibility index (Phi) is 3.97. The van der Waals surface area contributed by atoms with Crippen molar-refractivity contribution in [2.45, 2.75) is 13.1 Å². The van der Waals surface area contributed by atoms with Crippen molar-refractivity contribution in [2.24, 2.45) is 5.73 Å². The van der Waals surface area contributed by atoms with Gasteiger partial charge < -0.3 is 10.6 Å². The molecule has 0 atom stereocenters. The highest BCUT2D eigenvalue weighted by molar-refractivity contribution is 5.40. The van der Waals surface area contributed by atoms with Gasteiger partial charge in [-0.1, -0.05) is 24.3 Å². The van der Waals surface area contributed by atoms with E-state index >= 15 is 0 Å². The number of nitrogens with two attached hydrogens (primary N) is 1. The SMILES string of the molecule is CN(C)c1cnn(Cc2cccc(CN)c2)c(=O)c1. The van der Waals surface area contributed by atoms with Crippen LogP contribution in [0.4, 0.5) is 5.69 Å². The molecule has 0 amide bonds. The molecule has 1 heterocycles. The normalized spacial score (nSPS) is 10.5. The highest BCUT2D eigenvalue weighted by atomic mass is 16.1. The Hall–Kier alpha value is -2.14. The smallest absolute Gasteiger partial charge is 0.269 e. The standard InChI is InChI=1S/C14H18N4O/c1-17(2)13-7-14(19)18(16-9-13)10-12-5-3-4-11(6-12)8-15/h3-7,9H,8,10,15H2,1-2H3. The van der Waals surface area contributed by atoms with E-state index in [1.807, 2.05) is 43.3 Å². The Balaban J connectivity index is 2.26. The fraction of sp³-hybridized carbons (Fsp3) is 0.286. The summed E-state index contributed by atoms with van der Waals surface area (Å²) in [6.07, 6.45) is 1.69. The van der Waals surface area contributed by atoms with Gasteiger partial charge in [0.2, 0.25) is 0 Å². The monoisotopic (exact) mass is 258 g/mol. The summed E-state index contributed by atoms with van der Waals surface area (Å²) in [6.45, 7) is 0.954. The predicted molar refractivity (Wildman–Crippen MR) is 76.3 cm³/mol. The second-order valence-corrected chi connectivity index (χ2v) is 4.63. The number of hydrogen-bond acceptors (Lipinski definition) is 4. The van der Waals surface area contributed by atoms with Gasteiger partial charge >= 0.3 is 0 Å². The maximum absolute atomic E-state index is 12.0. The molecule has 5 heteroatoms. The van der Waals surface area contributed by atoms with Gasteiger partial charge in [-0.3, -0.25) is 4.79 Å². The van der Waals surface area contributed by atoms with E-state index in [2.05, 4.69) is 5.10 Å². The van der Waals surface area contributed by atoms with E-state index in [1.54, 1.807) is 12.3 Å². The van der Waals surface area contributed by atoms with Crippen LogP contribution in [0.3, 0.4) is 0 Å². The molecule has 0 saturated carbocycles. The van der Waals surface area contributed by atoms with Gasteiger partial charge in [-0.2, -0.15) is 5.10 Å².